The molecule has 38 heavy (non-hydrogen) atoms. The van der Waals surface area contributed by atoms with Crippen molar-refractivity contribution in [1.82, 2.24) is 24.7 Å². The third-order valence-electron chi connectivity index (χ3n) is 7.19. The number of carbonyl (C=O) groups is 1. The number of aromatic nitrogens is 5. The van der Waals surface area contributed by atoms with E-state index in [-0.39, 0.29) is 11.8 Å². The summed E-state index contributed by atoms with van der Waals surface area (Å²) in [6.45, 7) is 2.77. The fraction of sp³-hybridized carbons (Fsp3) is 0.345. The number of hydrogen-bond donors (Lipinski definition) is 2. The van der Waals surface area contributed by atoms with Crippen LogP contribution in [0.3, 0.4) is 0 Å². The van der Waals surface area contributed by atoms with Crippen LogP contribution in [-0.2, 0) is 18.4 Å². The molecule has 0 spiro atoms. The average molecular weight is 513 g/mol. The van der Waals surface area contributed by atoms with E-state index in [9.17, 15) is 9.90 Å². The first kappa shape index (κ1) is 25.4. The Morgan fingerprint density at radius 3 is 2.68 bits per heavy atom. The highest BCUT2D eigenvalue weighted by atomic mass is 16.5. The van der Waals surface area contributed by atoms with Gasteiger partial charge in [0.2, 0.25) is 5.95 Å². The molecule has 4 aromatic rings. The van der Waals surface area contributed by atoms with E-state index >= 15 is 0 Å². The van der Waals surface area contributed by atoms with Crippen molar-refractivity contribution in [1.29, 1.82) is 0 Å². The lowest BCUT2D eigenvalue weighted by Gasteiger charge is -2.28. The second kappa shape index (κ2) is 11.4. The molecule has 0 saturated heterocycles. The molecule has 9 heteroatoms. The normalized spacial score (nSPS) is 17.2. The summed E-state index contributed by atoms with van der Waals surface area (Å²) in [6, 6.07) is 15.7. The van der Waals surface area contributed by atoms with Gasteiger partial charge in [-0.2, -0.15) is 5.10 Å². The van der Waals surface area contributed by atoms with E-state index < -0.39 is 5.97 Å². The Morgan fingerprint density at radius 2 is 1.89 bits per heavy atom. The minimum atomic E-state index is -0.724. The second-order valence-electron chi connectivity index (χ2n) is 9.69. The zero-order chi connectivity index (χ0) is 26.5. The third kappa shape index (κ3) is 5.66. The highest BCUT2D eigenvalue weighted by Gasteiger charge is 2.31. The quantitative estimate of drug-likeness (QED) is 0.317. The van der Waals surface area contributed by atoms with E-state index in [0.717, 1.165) is 59.6 Å². The molecule has 0 bridgehead atoms. The maximum absolute atomic E-state index is 11.6. The van der Waals surface area contributed by atoms with E-state index in [0.29, 0.717) is 24.8 Å². The largest absolute Gasteiger partial charge is 0.491 e. The van der Waals surface area contributed by atoms with Crippen LogP contribution in [0.5, 0.6) is 5.75 Å². The molecular formula is C29H32N6O3. The van der Waals surface area contributed by atoms with Crippen LogP contribution in [0, 0.1) is 18.8 Å². The van der Waals surface area contributed by atoms with Gasteiger partial charge < -0.3 is 15.2 Å². The predicted octanol–water partition coefficient (Wildman–Crippen LogP) is 5.13. The number of pyridine rings is 1. The molecule has 0 unspecified atom stereocenters. The smallest absolute Gasteiger partial charge is 0.306 e. The lowest BCUT2D eigenvalue weighted by atomic mass is 9.80. The highest BCUT2D eigenvalue weighted by molar-refractivity contribution is 5.70. The number of carboxylic acids is 1. The molecule has 1 aliphatic carbocycles. The van der Waals surface area contributed by atoms with E-state index in [1.54, 1.807) is 12.4 Å². The van der Waals surface area contributed by atoms with E-state index in [4.69, 9.17) is 9.72 Å². The molecule has 0 radical (unpaired) electrons. The zero-order valence-corrected chi connectivity index (χ0v) is 21.7. The molecule has 1 aliphatic rings. The van der Waals surface area contributed by atoms with Gasteiger partial charge in [-0.1, -0.05) is 43.2 Å². The fourth-order valence-corrected chi connectivity index (χ4v) is 5.04. The number of nitrogens with zero attached hydrogens (tertiary/aromatic N) is 5. The zero-order valence-electron chi connectivity index (χ0n) is 21.7. The van der Waals surface area contributed by atoms with Crippen molar-refractivity contribution in [2.45, 2.75) is 39.2 Å². The minimum Gasteiger partial charge on any atom is -0.491 e. The van der Waals surface area contributed by atoms with Gasteiger partial charge in [0, 0.05) is 30.3 Å². The first-order chi connectivity index (χ1) is 18.5. The van der Waals surface area contributed by atoms with Crippen molar-refractivity contribution < 1.29 is 14.6 Å². The van der Waals surface area contributed by atoms with Gasteiger partial charge in [-0.25, -0.2) is 15.0 Å². The van der Waals surface area contributed by atoms with E-state index in [2.05, 4.69) is 20.4 Å². The summed E-state index contributed by atoms with van der Waals surface area (Å²) in [5.41, 5.74) is 5.29. The van der Waals surface area contributed by atoms with Crippen molar-refractivity contribution in [3.05, 3.63) is 72.3 Å². The van der Waals surface area contributed by atoms with Gasteiger partial charge in [0.05, 0.1) is 48.0 Å². The molecule has 3 aromatic heterocycles. The summed E-state index contributed by atoms with van der Waals surface area (Å²) in [6.07, 6.45) is 7.17. The topological polar surface area (TPSA) is 115 Å². The Bertz CT molecular complexity index is 1400. The second-order valence-corrected chi connectivity index (χ2v) is 9.69. The maximum atomic E-state index is 11.6. The summed E-state index contributed by atoms with van der Waals surface area (Å²) < 4.78 is 7.88. The van der Waals surface area contributed by atoms with Gasteiger partial charge in [0.25, 0.3) is 0 Å². The number of benzene rings is 1. The Labute approximate surface area is 221 Å². The average Bonchev–Trinajstić information content (AvgIpc) is 3.32. The van der Waals surface area contributed by atoms with Crippen LogP contribution < -0.4 is 10.1 Å². The molecular weight excluding hydrogens is 480 g/mol. The monoisotopic (exact) mass is 512 g/mol. The molecule has 3 heterocycles. The molecule has 1 aromatic carbocycles. The number of aliphatic carboxylic acids is 1. The molecule has 1 fully saturated rings. The van der Waals surface area contributed by atoms with Crippen molar-refractivity contribution >= 4 is 11.9 Å². The molecule has 2 N–H and O–H groups in total. The van der Waals surface area contributed by atoms with Gasteiger partial charge in [-0.3, -0.25) is 9.48 Å². The van der Waals surface area contributed by atoms with Crippen LogP contribution in [0.1, 0.15) is 37.1 Å². The Kier molecular flexibility index (Phi) is 7.62. The number of anilines is 1. The Morgan fingerprint density at radius 1 is 1.08 bits per heavy atom. The summed E-state index contributed by atoms with van der Waals surface area (Å²) >= 11 is 0. The van der Waals surface area contributed by atoms with Crippen LogP contribution in [-0.4, -0.2) is 42.4 Å². The van der Waals surface area contributed by atoms with Crippen molar-refractivity contribution in [3.8, 4) is 28.3 Å². The molecule has 2 atom stereocenters. The summed E-state index contributed by atoms with van der Waals surface area (Å²) in [4.78, 5) is 25.4. The van der Waals surface area contributed by atoms with E-state index in [1.165, 1.54) is 0 Å². The number of hydrogen-bond acceptors (Lipinski definition) is 7. The maximum Gasteiger partial charge on any atom is 0.306 e. The summed E-state index contributed by atoms with van der Waals surface area (Å²) in [5, 5.41) is 17.3. The van der Waals surface area contributed by atoms with Crippen molar-refractivity contribution in [3.63, 3.8) is 0 Å². The number of aryl methyl sites for hydroxylation is 2. The van der Waals surface area contributed by atoms with Crippen molar-refractivity contribution in [2.24, 2.45) is 18.9 Å². The first-order valence-corrected chi connectivity index (χ1v) is 13.0. The molecule has 1 saturated carbocycles. The number of rotatable bonds is 9. The van der Waals surface area contributed by atoms with Crippen LogP contribution in [0.4, 0.5) is 5.95 Å². The Balaban J connectivity index is 1.28. The number of carboxylic acid groups (broad SMARTS) is 1. The molecule has 0 amide bonds. The predicted molar refractivity (Wildman–Crippen MR) is 145 cm³/mol. The standard InChI is InChI=1S/C29H32N6O3/c1-19-27(38-18-21-10-6-7-11-22(21)28(36)37)13-12-25(33-19)23-16-32-35(2)26(23)17-31-29-30-15-14-24(34-29)20-8-4-3-5-9-20/h3-5,8-9,12-16,21-22H,6-7,10-11,17-18H2,1-2H3,(H,36,37)(H,30,31,34)/t21-,22+/m1/s1. The van der Waals surface area contributed by atoms with E-state index in [1.807, 2.05) is 67.2 Å². The number of nitrogens with one attached hydrogen (secondary N) is 1. The van der Waals surface area contributed by atoms with Crippen molar-refractivity contribution in [2.75, 3.05) is 11.9 Å². The van der Waals surface area contributed by atoms with Crippen LogP contribution in [0.15, 0.2) is 60.9 Å². The SMILES string of the molecule is Cc1nc(-c2cnn(C)c2CNc2nccc(-c3ccccc3)n2)ccc1OC[C@H]1CCCC[C@@H]1C(=O)O. The van der Waals surface area contributed by atoms with Gasteiger partial charge in [0.1, 0.15) is 5.75 Å². The van der Waals surface area contributed by atoms with Crippen LogP contribution in [0.25, 0.3) is 22.5 Å². The lowest BCUT2D eigenvalue weighted by molar-refractivity contribution is -0.145. The first-order valence-electron chi connectivity index (χ1n) is 13.0. The van der Waals surface area contributed by atoms with Gasteiger partial charge >= 0.3 is 5.97 Å². The Hall–Kier alpha value is -4.27. The molecule has 5 rings (SSSR count). The van der Waals surface area contributed by atoms with Gasteiger partial charge in [0.15, 0.2) is 0 Å². The van der Waals surface area contributed by atoms with Crippen LogP contribution in [0.2, 0.25) is 0 Å². The van der Waals surface area contributed by atoms with Gasteiger partial charge in [-0.05, 0) is 38.0 Å². The molecule has 9 nitrogen and oxygen atoms in total. The third-order valence-corrected chi connectivity index (χ3v) is 7.19. The lowest BCUT2D eigenvalue weighted by Crippen LogP contribution is -2.31. The molecule has 0 aliphatic heterocycles. The summed E-state index contributed by atoms with van der Waals surface area (Å²) in [7, 11) is 1.90. The minimum absolute atomic E-state index is 0.0268. The van der Waals surface area contributed by atoms with Crippen LogP contribution >= 0.6 is 0 Å². The number of ether oxygens (including phenoxy) is 1. The fourth-order valence-electron chi connectivity index (χ4n) is 5.04. The van der Waals surface area contributed by atoms with Gasteiger partial charge in [-0.15, -0.1) is 0 Å². The summed E-state index contributed by atoms with van der Waals surface area (Å²) in [5.74, 6) is 0.184. The molecule has 196 valence electrons. The highest BCUT2D eigenvalue weighted by Crippen LogP contribution is 2.32.